The van der Waals surface area contributed by atoms with Gasteiger partial charge in [0.25, 0.3) is 0 Å². The van der Waals surface area contributed by atoms with E-state index in [0.717, 1.165) is 13.1 Å². The molecule has 1 aliphatic rings. The van der Waals surface area contributed by atoms with Gasteiger partial charge in [0.05, 0.1) is 6.10 Å². The summed E-state index contributed by atoms with van der Waals surface area (Å²) in [6.45, 7) is 9.13. The molecule has 0 bridgehead atoms. The normalized spacial score (nSPS) is 19.7. The molecule has 15 heavy (non-hydrogen) atoms. The molecule has 0 aromatic rings. The zero-order valence-electron chi connectivity index (χ0n) is 10.2. The Labute approximate surface area is 91.5 Å². The van der Waals surface area contributed by atoms with Crippen LogP contribution in [0.5, 0.6) is 0 Å². The van der Waals surface area contributed by atoms with Crippen LogP contribution in [-0.4, -0.2) is 42.9 Å². The average Bonchev–Trinajstić information content (AvgIpc) is 1.97. The lowest BCUT2D eigenvalue weighted by atomic mass is 9.95. The van der Waals surface area contributed by atoms with E-state index < -0.39 is 5.60 Å². The third kappa shape index (κ3) is 3.38. The van der Waals surface area contributed by atoms with E-state index >= 15 is 0 Å². The lowest BCUT2D eigenvalue weighted by molar-refractivity contribution is -0.0375. The second kappa shape index (κ2) is 4.39. The van der Waals surface area contributed by atoms with Crippen molar-refractivity contribution in [1.29, 1.82) is 0 Å². The molecule has 0 N–H and O–H groups in total. The van der Waals surface area contributed by atoms with Gasteiger partial charge >= 0.3 is 6.09 Å². The van der Waals surface area contributed by atoms with E-state index in [9.17, 15) is 4.79 Å². The maximum Gasteiger partial charge on any atom is 0.410 e. The van der Waals surface area contributed by atoms with Gasteiger partial charge in [-0.15, -0.1) is 0 Å². The number of nitrogens with zero attached hydrogens (tertiary/aromatic N) is 1. The molecule has 4 heteroatoms. The first-order chi connectivity index (χ1) is 6.83. The fraction of sp³-hybridized carbons (Fsp3) is 0.909. The summed E-state index contributed by atoms with van der Waals surface area (Å²) >= 11 is 0. The first kappa shape index (κ1) is 12.3. The molecule has 1 fully saturated rings. The van der Waals surface area contributed by atoms with Gasteiger partial charge in [0.15, 0.2) is 0 Å². The highest BCUT2D eigenvalue weighted by atomic mass is 16.6. The van der Waals surface area contributed by atoms with Crippen LogP contribution in [0, 0.1) is 5.92 Å². The summed E-state index contributed by atoms with van der Waals surface area (Å²) in [5.41, 5.74) is -0.408. The smallest absolute Gasteiger partial charge is 0.410 e. The fourth-order valence-electron chi connectivity index (χ4n) is 1.48. The molecule has 1 aliphatic heterocycles. The molecule has 1 amide bonds. The number of carbonyl (C=O) groups excluding carboxylic acids is 1. The fourth-order valence-corrected chi connectivity index (χ4v) is 1.48. The van der Waals surface area contributed by atoms with E-state index in [4.69, 9.17) is 9.47 Å². The second-order valence-corrected chi connectivity index (χ2v) is 5.09. The van der Waals surface area contributed by atoms with Crippen molar-refractivity contribution < 1.29 is 14.3 Å². The SMILES string of the molecule is COC(C)C1CN(C(=O)OC(C)(C)C)C1. The van der Waals surface area contributed by atoms with Gasteiger partial charge in [-0.25, -0.2) is 4.79 Å². The Morgan fingerprint density at radius 3 is 2.33 bits per heavy atom. The monoisotopic (exact) mass is 215 g/mol. The molecule has 0 aromatic heterocycles. The molecule has 1 unspecified atom stereocenters. The van der Waals surface area contributed by atoms with Crippen LogP contribution in [0.1, 0.15) is 27.7 Å². The van der Waals surface area contributed by atoms with E-state index in [2.05, 4.69) is 0 Å². The first-order valence-electron chi connectivity index (χ1n) is 5.34. The lowest BCUT2D eigenvalue weighted by Gasteiger charge is -2.41. The van der Waals surface area contributed by atoms with Crippen molar-refractivity contribution in [2.24, 2.45) is 5.92 Å². The van der Waals surface area contributed by atoms with Gasteiger partial charge in [-0.1, -0.05) is 0 Å². The van der Waals surface area contributed by atoms with Crippen LogP contribution in [0.4, 0.5) is 4.79 Å². The third-order valence-electron chi connectivity index (χ3n) is 2.60. The predicted octanol–water partition coefficient (Wildman–Crippen LogP) is 1.89. The highest BCUT2D eigenvalue weighted by molar-refractivity contribution is 5.69. The summed E-state index contributed by atoms with van der Waals surface area (Å²) in [5, 5.41) is 0. The molecule has 4 nitrogen and oxygen atoms in total. The summed E-state index contributed by atoms with van der Waals surface area (Å²) < 4.78 is 10.5. The van der Waals surface area contributed by atoms with Crippen molar-refractivity contribution in [2.45, 2.75) is 39.4 Å². The molecule has 1 saturated heterocycles. The van der Waals surface area contributed by atoms with Gasteiger partial charge < -0.3 is 14.4 Å². The van der Waals surface area contributed by atoms with Crippen LogP contribution < -0.4 is 0 Å². The highest BCUT2D eigenvalue weighted by Crippen LogP contribution is 2.23. The van der Waals surface area contributed by atoms with Crippen LogP contribution in [0.3, 0.4) is 0 Å². The Bertz CT molecular complexity index is 228. The molecule has 0 spiro atoms. The second-order valence-electron chi connectivity index (χ2n) is 5.09. The summed E-state index contributed by atoms with van der Waals surface area (Å²) in [4.78, 5) is 13.3. The number of hydrogen-bond donors (Lipinski definition) is 0. The van der Waals surface area contributed by atoms with Crippen LogP contribution in [0.25, 0.3) is 0 Å². The Morgan fingerprint density at radius 2 is 1.93 bits per heavy atom. The average molecular weight is 215 g/mol. The molecule has 0 saturated carbocycles. The molecule has 0 aliphatic carbocycles. The molecule has 88 valence electrons. The third-order valence-corrected chi connectivity index (χ3v) is 2.60. The van der Waals surface area contributed by atoms with E-state index in [-0.39, 0.29) is 12.2 Å². The van der Waals surface area contributed by atoms with Crippen LogP contribution >= 0.6 is 0 Å². The number of methoxy groups -OCH3 is 1. The molecule has 1 rings (SSSR count). The topological polar surface area (TPSA) is 38.8 Å². The highest BCUT2D eigenvalue weighted by Gasteiger charge is 2.36. The van der Waals surface area contributed by atoms with Crippen LogP contribution in [0.2, 0.25) is 0 Å². The Balaban J connectivity index is 2.30. The summed E-state index contributed by atoms with van der Waals surface area (Å²) in [6.07, 6.45) is -0.00857. The van der Waals surface area contributed by atoms with E-state index in [1.54, 1.807) is 12.0 Å². The number of rotatable bonds is 2. The number of likely N-dealkylation sites (tertiary alicyclic amines) is 1. The first-order valence-corrected chi connectivity index (χ1v) is 5.34. The summed E-state index contributed by atoms with van der Waals surface area (Å²) in [5.74, 6) is 0.447. The van der Waals surface area contributed by atoms with E-state index in [0.29, 0.717) is 5.92 Å². The Kier molecular flexibility index (Phi) is 3.60. The minimum atomic E-state index is -0.408. The van der Waals surface area contributed by atoms with Gasteiger partial charge in [-0.3, -0.25) is 0 Å². The molecule has 0 radical (unpaired) electrons. The number of carbonyl (C=O) groups is 1. The summed E-state index contributed by atoms with van der Waals surface area (Å²) in [7, 11) is 1.70. The Hall–Kier alpha value is -0.770. The van der Waals surface area contributed by atoms with Crippen molar-refractivity contribution in [3.63, 3.8) is 0 Å². The van der Waals surface area contributed by atoms with Gasteiger partial charge in [0.2, 0.25) is 0 Å². The minimum absolute atomic E-state index is 0.212. The largest absolute Gasteiger partial charge is 0.444 e. The van der Waals surface area contributed by atoms with E-state index in [1.165, 1.54) is 0 Å². The maximum atomic E-state index is 11.6. The zero-order valence-corrected chi connectivity index (χ0v) is 10.2. The molecular formula is C11H21NO3. The van der Waals surface area contributed by atoms with Crippen LogP contribution in [-0.2, 0) is 9.47 Å². The molecule has 0 aromatic carbocycles. The number of amides is 1. The summed E-state index contributed by atoms with van der Waals surface area (Å²) in [6, 6.07) is 0. The van der Waals surface area contributed by atoms with Gasteiger partial charge in [-0.05, 0) is 27.7 Å². The van der Waals surface area contributed by atoms with Gasteiger partial charge in [0.1, 0.15) is 5.60 Å². The van der Waals surface area contributed by atoms with Gasteiger partial charge in [0, 0.05) is 26.1 Å². The molecular weight excluding hydrogens is 194 g/mol. The zero-order chi connectivity index (χ0) is 11.6. The van der Waals surface area contributed by atoms with Crippen molar-refractivity contribution in [2.75, 3.05) is 20.2 Å². The quantitative estimate of drug-likeness (QED) is 0.706. The number of ether oxygens (including phenoxy) is 2. The predicted molar refractivity (Wildman–Crippen MR) is 57.8 cm³/mol. The standard InChI is InChI=1S/C11H21NO3/c1-8(14-5)9-6-12(7-9)10(13)15-11(2,3)4/h8-9H,6-7H2,1-5H3. The Morgan fingerprint density at radius 1 is 1.40 bits per heavy atom. The lowest BCUT2D eigenvalue weighted by Crippen LogP contribution is -2.55. The minimum Gasteiger partial charge on any atom is -0.444 e. The molecule has 1 atom stereocenters. The molecule has 1 heterocycles. The van der Waals surface area contributed by atoms with Crippen molar-refractivity contribution in [3.05, 3.63) is 0 Å². The van der Waals surface area contributed by atoms with Crippen molar-refractivity contribution >= 4 is 6.09 Å². The van der Waals surface area contributed by atoms with Crippen molar-refractivity contribution in [1.82, 2.24) is 4.90 Å². The maximum absolute atomic E-state index is 11.6. The van der Waals surface area contributed by atoms with E-state index in [1.807, 2.05) is 27.7 Å². The van der Waals surface area contributed by atoms with Gasteiger partial charge in [-0.2, -0.15) is 0 Å². The van der Waals surface area contributed by atoms with Crippen LogP contribution in [0.15, 0.2) is 0 Å². The van der Waals surface area contributed by atoms with Crippen molar-refractivity contribution in [3.8, 4) is 0 Å². The number of hydrogen-bond acceptors (Lipinski definition) is 3.